The molecule has 0 aliphatic heterocycles. The third-order valence-corrected chi connectivity index (χ3v) is 3.24. The van der Waals surface area contributed by atoms with Crippen molar-refractivity contribution in [2.75, 3.05) is 0 Å². The van der Waals surface area contributed by atoms with E-state index in [4.69, 9.17) is 4.52 Å². The monoisotopic (exact) mass is 231 g/mol. The van der Waals surface area contributed by atoms with Crippen LogP contribution in [0, 0.1) is 5.41 Å². The van der Waals surface area contributed by atoms with Crippen molar-refractivity contribution in [2.45, 2.75) is 26.2 Å². The summed E-state index contributed by atoms with van der Waals surface area (Å²) in [5.41, 5.74) is 0.917. The van der Waals surface area contributed by atoms with E-state index < -0.39 is 0 Å². The smallest absolute Gasteiger partial charge is 0.259 e. The molecule has 2 heterocycles. The molecule has 0 aromatic carbocycles. The molecule has 0 saturated heterocycles. The zero-order chi connectivity index (χ0) is 12.0. The zero-order valence-electron chi connectivity index (χ0n) is 9.71. The molecule has 1 aliphatic rings. The summed E-state index contributed by atoms with van der Waals surface area (Å²) in [7, 11) is 0. The van der Waals surface area contributed by atoms with Gasteiger partial charge in [-0.3, -0.25) is 4.98 Å². The molecule has 0 amide bonds. The van der Waals surface area contributed by atoms with Crippen LogP contribution in [-0.2, 0) is 0 Å². The Balaban J connectivity index is 1.91. The number of hydrogen-bond acceptors (Lipinski definition) is 5. The van der Waals surface area contributed by atoms with Gasteiger partial charge in [0, 0.05) is 12.1 Å². The molecular formula is C12H13N3O2. The van der Waals surface area contributed by atoms with Crippen LogP contribution in [0.2, 0.25) is 0 Å². The highest BCUT2D eigenvalue weighted by atomic mass is 16.5. The molecule has 1 atom stereocenters. The topological polar surface area (TPSA) is 72.0 Å². The van der Waals surface area contributed by atoms with Crippen molar-refractivity contribution in [1.29, 1.82) is 0 Å². The van der Waals surface area contributed by atoms with Gasteiger partial charge in [0.1, 0.15) is 5.75 Å². The van der Waals surface area contributed by atoms with Gasteiger partial charge in [0.2, 0.25) is 0 Å². The van der Waals surface area contributed by atoms with Crippen molar-refractivity contribution in [3.63, 3.8) is 0 Å². The first-order valence-electron chi connectivity index (χ1n) is 5.54. The molecule has 1 aliphatic carbocycles. The summed E-state index contributed by atoms with van der Waals surface area (Å²) >= 11 is 0. The molecule has 1 fully saturated rings. The van der Waals surface area contributed by atoms with E-state index in [1.165, 1.54) is 6.20 Å². The fourth-order valence-electron chi connectivity index (χ4n) is 1.95. The molecule has 1 N–H and O–H groups in total. The molecular weight excluding hydrogens is 218 g/mol. The van der Waals surface area contributed by atoms with Crippen LogP contribution in [-0.4, -0.2) is 20.2 Å². The number of pyridine rings is 1. The molecule has 0 bridgehead atoms. The Kier molecular flexibility index (Phi) is 1.98. The van der Waals surface area contributed by atoms with E-state index in [1.54, 1.807) is 12.3 Å². The summed E-state index contributed by atoms with van der Waals surface area (Å²) in [6, 6.07) is 1.56. The normalized spacial score (nSPS) is 21.4. The van der Waals surface area contributed by atoms with Gasteiger partial charge >= 0.3 is 0 Å². The van der Waals surface area contributed by atoms with Crippen molar-refractivity contribution in [2.24, 2.45) is 5.41 Å². The SMILES string of the molecule is CC1(C)CC1c1noc(-c2cncc(O)c2)n1. The molecule has 2 aromatic rings. The third kappa shape index (κ3) is 1.77. The molecule has 0 spiro atoms. The first kappa shape index (κ1) is 10.3. The van der Waals surface area contributed by atoms with Crippen molar-refractivity contribution >= 4 is 0 Å². The lowest BCUT2D eigenvalue weighted by molar-refractivity contribution is 0.418. The summed E-state index contributed by atoms with van der Waals surface area (Å²) in [6.45, 7) is 4.37. The Morgan fingerprint density at radius 2 is 2.18 bits per heavy atom. The van der Waals surface area contributed by atoms with E-state index in [0.29, 0.717) is 17.4 Å². The maximum absolute atomic E-state index is 9.33. The molecule has 1 saturated carbocycles. The van der Waals surface area contributed by atoms with Gasteiger partial charge in [0.05, 0.1) is 11.8 Å². The van der Waals surface area contributed by atoms with Gasteiger partial charge in [0.15, 0.2) is 5.82 Å². The molecule has 3 rings (SSSR count). The number of hydrogen-bond donors (Lipinski definition) is 1. The fraction of sp³-hybridized carbons (Fsp3) is 0.417. The second-order valence-electron chi connectivity index (χ2n) is 5.13. The molecule has 2 aromatic heterocycles. The van der Waals surface area contributed by atoms with Gasteiger partial charge in [-0.25, -0.2) is 0 Å². The number of nitrogens with zero attached hydrogens (tertiary/aromatic N) is 3. The molecule has 5 heteroatoms. The van der Waals surface area contributed by atoms with Crippen LogP contribution < -0.4 is 0 Å². The van der Waals surface area contributed by atoms with Crippen LogP contribution in [0.3, 0.4) is 0 Å². The summed E-state index contributed by atoms with van der Waals surface area (Å²) in [4.78, 5) is 8.23. The Morgan fingerprint density at radius 1 is 1.41 bits per heavy atom. The minimum absolute atomic E-state index is 0.0917. The van der Waals surface area contributed by atoms with E-state index in [-0.39, 0.29) is 11.2 Å². The average molecular weight is 231 g/mol. The van der Waals surface area contributed by atoms with E-state index in [9.17, 15) is 5.11 Å². The predicted octanol–water partition coefficient (Wildman–Crippen LogP) is 2.35. The van der Waals surface area contributed by atoms with Crippen LogP contribution in [0.4, 0.5) is 0 Å². The third-order valence-electron chi connectivity index (χ3n) is 3.24. The number of rotatable bonds is 2. The van der Waals surface area contributed by atoms with E-state index in [2.05, 4.69) is 29.0 Å². The number of aromatic hydroxyl groups is 1. The highest BCUT2D eigenvalue weighted by Crippen LogP contribution is 2.57. The maximum atomic E-state index is 9.33. The molecule has 5 nitrogen and oxygen atoms in total. The average Bonchev–Trinajstić information content (AvgIpc) is 2.76. The molecule has 1 unspecified atom stereocenters. The molecule has 0 radical (unpaired) electrons. The first-order valence-corrected chi connectivity index (χ1v) is 5.54. The summed E-state index contributed by atoms with van der Waals surface area (Å²) in [5, 5.41) is 13.3. The van der Waals surface area contributed by atoms with Crippen LogP contribution in [0.25, 0.3) is 11.5 Å². The Bertz CT molecular complexity index is 562. The highest BCUT2D eigenvalue weighted by molar-refractivity contribution is 5.53. The van der Waals surface area contributed by atoms with Crippen LogP contribution in [0.15, 0.2) is 23.0 Å². The lowest BCUT2D eigenvalue weighted by atomic mass is 10.1. The molecule has 88 valence electrons. The first-order chi connectivity index (χ1) is 8.06. The second-order valence-corrected chi connectivity index (χ2v) is 5.13. The van der Waals surface area contributed by atoms with E-state index >= 15 is 0 Å². The summed E-state index contributed by atoms with van der Waals surface area (Å²) in [6.07, 6.45) is 4.05. The Labute approximate surface area is 98.5 Å². The van der Waals surface area contributed by atoms with Gasteiger partial charge in [-0.2, -0.15) is 4.98 Å². The Morgan fingerprint density at radius 3 is 2.82 bits per heavy atom. The minimum Gasteiger partial charge on any atom is -0.506 e. The van der Waals surface area contributed by atoms with Crippen LogP contribution >= 0.6 is 0 Å². The largest absolute Gasteiger partial charge is 0.506 e. The highest BCUT2D eigenvalue weighted by Gasteiger charge is 2.49. The second kappa shape index (κ2) is 3.29. The quantitative estimate of drug-likeness (QED) is 0.858. The van der Waals surface area contributed by atoms with Gasteiger partial charge in [-0.1, -0.05) is 19.0 Å². The summed E-state index contributed by atoms with van der Waals surface area (Å²) < 4.78 is 5.19. The van der Waals surface area contributed by atoms with Crippen LogP contribution in [0.1, 0.15) is 32.0 Å². The predicted molar refractivity (Wildman–Crippen MR) is 60.3 cm³/mol. The standard InChI is InChI=1S/C12H13N3O2/c1-12(2)4-9(12)10-14-11(17-15-10)7-3-8(16)6-13-5-7/h3,5-6,9,16H,4H2,1-2H3. The maximum Gasteiger partial charge on any atom is 0.259 e. The molecule has 17 heavy (non-hydrogen) atoms. The fourth-order valence-corrected chi connectivity index (χ4v) is 1.95. The van der Waals surface area contributed by atoms with Crippen LogP contribution in [0.5, 0.6) is 5.75 Å². The van der Waals surface area contributed by atoms with E-state index in [0.717, 1.165) is 12.2 Å². The van der Waals surface area contributed by atoms with Crippen molar-refractivity contribution in [3.8, 4) is 17.2 Å². The van der Waals surface area contributed by atoms with E-state index in [1.807, 2.05) is 0 Å². The zero-order valence-corrected chi connectivity index (χ0v) is 9.71. The lowest BCUT2D eigenvalue weighted by Crippen LogP contribution is -1.91. The minimum atomic E-state index is 0.0917. The van der Waals surface area contributed by atoms with Gasteiger partial charge in [0.25, 0.3) is 5.89 Å². The Hall–Kier alpha value is -1.91. The van der Waals surface area contributed by atoms with Crippen molar-refractivity contribution < 1.29 is 9.63 Å². The van der Waals surface area contributed by atoms with Gasteiger partial charge in [-0.05, 0) is 17.9 Å². The van der Waals surface area contributed by atoms with Crippen molar-refractivity contribution in [3.05, 3.63) is 24.3 Å². The van der Waals surface area contributed by atoms with Gasteiger partial charge < -0.3 is 9.63 Å². The van der Waals surface area contributed by atoms with Crippen molar-refractivity contribution in [1.82, 2.24) is 15.1 Å². The van der Waals surface area contributed by atoms with Gasteiger partial charge in [-0.15, -0.1) is 0 Å². The summed E-state index contributed by atoms with van der Waals surface area (Å²) in [5.74, 6) is 1.62. The number of aromatic nitrogens is 3. The lowest BCUT2D eigenvalue weighted by Gasteiger charge is -1.96.